The molecule has 0 bridgehead atoms. The zero-order valence-corrected chi connectivity index (χ0v) is 24.9. The largest absolute Gasteiger partial charge is 0.314 e. The van der Waals surface area contributed by atoms with Crippen LogP contribution in [0.3, 0.4) is 0 Å². The fourth-order valence-electron chi connectivity index (χ4n) is 7.47. The van der Waals surface area contributed by atoms with Crippen LogP contribution in [0.1, 0.15) is 77.6 Å². The van der Waals surface area contributed by atoms with Gasteiger partial charge in [0.05, 0.1) is 6.07 Å². The van der Waals surface area contributed by atoms with Crippen LogP contribution in [-0.4, -0.2) is 0 Å². The van der Waals surface area contributed by atoms with Crippen molar-refractivity contribution in [2.24, 2.45) is 23.7 Å². The zero-order valence-electron chi connectivity index (χ0n) is 24.9. The molecule has 2 saturated carbocycles. The lowest BCUT2D eigenvalue weighted by Crippen LogP contribution is -2.27. The van der Waals surface area contributed by atoms with E-state index in [1.54, 1.807) is 0 Å². The third-order valence-electron chi connectivity index (χ3n) is 9.78. The molecule has 2 atom stereocenters. The Morgan fingerprint density at radius 1 is 0.854 bits per heavy atom. The topological polar surface area (TPSA) is 27.0 Å². The van der Waals surface area contributed by atoms with E-state index in [0.717, 1.165) is 36.7 Å². The minimum atomic E-state index is 0.606. The normalized spacial score (nSPS) is 24.9. The van der Waals surface area contributed by atoms with Crippen LogP contribution >= 0.6 is 0 Å². The van der Waals surface area contributed by atoms with E-state index in [2.05, 4.69) is 103 Å². The van der Waals surface area contributed by atoms with Crippen LogP contribution in [0.15, 0.2) is 120 Å². The number of hydrogen-bond donors (Lipinski definition) is 0. The molecule has 212 valence electrons. The molecule has 0 heterocycles. The molecule has 2 heteroatoms. The first kappa shape index (κ1) is 28.9. The fourth-order valence-corrected chi connectivity index (χ4v) is 7.47. The molecule has 3 aliphatic carbocycles. The van der Waals surface area contributed by atoms with E-state index in [1.165, 1.54) is 85.2 Å². The lowest BCUT2D eigenvalue weighted by molar-refractivity contribution is 0.158. The molecule has 0 amide bonds. The Bertz CT molecular complexity index is 1290. The second-order valence-electron chi connectivity index (χ2n) is 12.6. The van der Waals surface area contributed by atoms with Gasteiger partial charge in [0.2, 0.25) is 0 Å². The van der Waals surface area contributed by atoms with Gasteiger partial charge in [0.1, 0.15) is 0 Å². The number of hydrogen-bond acceptors (Lipinski definition) is 2. The standard InChI is InChI=1S/C39H46N2/c1-29(28-40)25-32-17-19-34(20-18-32)36-12-10-11-35(27-36)31(3)26-30(2)33-21-23-39(24-22-33)41(37-13-6-4-7-14-37)38-15-8-5-9-16-38/h4-9,13-16,21,23,25,32,34-36H,2-3,10-12,17-20,22,24,26-27H2,1H3/b29-25-. The van der Waals surface area contributed by atoms with E-state index in [-0.39, 0.29) is 0 Å². The Kier molecular flexibility index (Phi) is 9.79. The Morgan fingerprint density at radius 3 is 2.10 bits per heavy atom. The maximum absolute atomic E-state index is 9.13. The summed E-state index contributed by atoms with van der Waals surface area (Å²) in [5.74, 6) is 2.92. The Morgan fingerprint density at radius 2 is 1.51 bits per heavy atom. The first-order valence-electron chi connectivity index (χ1n) is 15.8. The average molecular weight is 543 g/mol. The van der Waals surface area contributed by atoms with Crippen molar-refractivity contribution in [2.45, 2.75) is 77.6 Å². The van der Waals surface area contributed by atoms with Crippen LogP contribution in [0.25, 0.3) is 0 Å². The number of allylic oxidation sites excluding steroid dienone is 8. The highest BCUT2D eigenvalue weighted by molar-refractivity contribution is 5.69. The molecule has 0 aromatic heterocycles. The van der Waals surface area contributed by atoms with Crippen molar-refractivity contribution in [3.05, 3.63) is 120 Å². The van der Waals surface area contributed by atoms with Gasteiger partial charge in [-0.2, -0.15) is 5.26 Å². The summed E-state index contributed by atoms with van der Waals surface area (Å²) >= 11 is 0. The van der Waals surface area contributed by atoms with Gasteiger partial charge in [0, 0.05) is 22.6 Å². The summed E-state index contributed by atoms with van der Waals surface area (Å²) in [5.41, 5.74) is 8.62. The molecule has 5 rings (SSSR count). The molecule has 0 aliphatic heterocycles. The molecule has 0 N–H and O–H groups in total. The van der Waals surface area contributed by atoms with Gasteiger partial charge >= 0.3 is 0 Å². The van der Waals surface area contributed by atoms with Crippen molar-refractivity contribution in [3.63, 3.8) is 0 Å². The predicted molar refractivity (Wildman–Crippen MR) is 174 cm³/mol. The monoisotopic (exact) mass is 542 g/mol. The quantitative estimate of drug-likeness (QED) is 0.233. The summed E-state index contributed by atoms with van der Waals surface area (Å²) in [4.78, 5) is 2.38. The van der Waals surface area contributed by atoms with Gasteiger partial charge in [0.25, 0.3) is 0 Å². The number of nitriles is 1. The molecule has 2 nitrogen and oxygen atoms in total. The van der Waals surface area contributed by atoms with E-state index in [9.17, 15) is 0 Å². The molecular weight excluding hydrogens is 496 g/mol. The molecular formula is C39H46N2. The number of anilines is 2. The van der Waals surface area contributed by atoms with E-state index in [4.69, 9.17) is 5.26 Å². The van der Waals surface area contributed by atoms with Gasteiger partial charge in [-0.3, -0.25) is 0 Å². The molecule has 0 spiro atoms. The van der Waals surface area contributed by atoms with Crippen LogP contribution in [-0.2, 0) is 0 Å². The Labute approximate surface area is 248 Å². The first-order valence-corrected chi connectivity index (χ1v) is 15.8. The van der Waals surface area contributed by atoms with Crippen molar-refractivity contribution >= 4 is 11.4 Å². The van der Waals surface area contributed by atoms with Crippen molar-refractivity contribution in [1.82, 2.24) is 0 Å². The van der Waals surface area contributed by atoms with Gasteiger partial charge in [-0.25, -0.2) is 0 Å². The highest BCUT2D eigenvalue weighted by Gasteiger charge is 2.32. The van der Waals surface area contributed by atoms with Crippen molar-refractivity contribution in [3.8, 4) is 6.07 Å². The van der Waals surface area contributed by atoms with Crippen molar-refractivity contribution < 1.29 is 0 Å². The van der Waals surface area contributed by atoms with Crippen LogP contribution in [0.2, 0.25) is 0 Å². The summed E-state index contributed by atoms with van der Waals surface area (Å²) in [6.45, 7) is 11.1. The van der Waals surface area contributed by atoms with Crippen molar-refractivity contribution in [2.75, 3.05) is 4.90 Å². The third kappa shape index (κ3) is 7.39. The SMILES string of the molecule is C=C(CC(=C)C1CCCC(C2CCC(/C=C(/C)C#N)CC2)C1)C1=CC=C(N(c2ccccc2)c2ccccc2)CC1. The number of rotatable bonds is 9. The molecule has 0 radical (unpaired) electrons. The van der Waals surface area contributed by atoms with Crippen molar-refractivity contribution in [1.29, 1.82) is 5.26 Å². The third-order valence-corrected chi connectivity index (χ3v) is 9.78. The minimum absolute atomic E-state index is 0.606. The van der Waals surface area contributed by atoms with Gasteiger partial charge in [0.15, 0.2) is 0 Å². The maximum Gasteiger partial charge on any atom is 0.0940 e. The van der Waals surface area contributed by atoms with Gasteiger partial charge in [-0.05, 0) is 130 Å². The summed E-state index contributed by atoms with van der Waals surface area (Å²) in [6, 6.07) is 23.6. The van der Waals surface area contributed by atoms with Gasteiger partial charge in [-0.1, -0.05) is 80.1 Å². The predicted octanol–water partition coefficient (Wildman–Crippen LogP) is 11.0. The highest BCUT2D eigenvalue weighted by Crippen LogP contribution is 2.45. The molecule has 41 heavy (non-hydrogen) atoms. The molecule has 0 saturated heterocycles. The van der Waals surface area contributed by atoms with E-state index in [1.807, 2.05) is 6.92 Å². The summed E-state index contributed by atoms with van der Waals surface area (Å²) in [6.07, 6.45) is 20.2. The number of nitrogens with zero attached hydrogens (tertiary/aromatic N) is 2. The molecule has 2 unspecified atom stereocenters. The Balaban J connectivity index is 1.18. The fraction of sp³-hybridized carbons (Fsp3) is 0.410. The Hall–Kier alpha value is -3.57. The minimum Gasteiger partial charge on any atom is -0.314 e. The molecule has 2 aromatic carbocycles. The summed E-state index contributed by atoms with van der Waals surface area (Å²) in [7, 11) is 0. The lowest BCUT2D eigenvalue weighted by atomic mass is 9.67. The van der Waals surface area contributed by atoms with E-state index >= 15 is 0 Å². The maximum atomic E-state index is 9.13. The van der Waals surface area contributed by atoms with E-state index < -0.39 is 0 Å². The van der Waals surface area contributed by atoms with Gasteiger partial charge < -0.3 is 4.90 Å². The number of para-hydroxylation sites is 2. The van der Waals surface area contributed by atoms with Gasteiger partial charge in [-0.15, -0.1) is 0 Å². The second-order valence-corrected chi connectivity index (χ2v) is 12.6. The molecule has 2 fully saturated rings. The zero-order chi connectivity index (χ0) is 28.6. The highest BCUT2D eigenvalue weighted by atomic mass is 15.1. The van der Waals surface area contributed by atoms with Crippen LogP contribution < -0.4 is 4.90 Å². The van der Waals surface area contributed by atoms with Crippen LogP contribution in [0, 0.1) is 35.0 Å². The number of benzene rings is 2. The summed E-state index contributed by atoms with van der Waals surface area (Å²) < 4.78 is 0. The molecule has 2 aromatic rings. The smallest absolute Gasteiger partial charge is 0.0940 e. The first-order chi connectivity index (χ1) is 20.0. The van der Waals surface area contributed by atoms with Crippen LogP contribution in [0.4, 0.5) is 11.4 Å². The van der Waals surface area contributed by atoms with Crippen LogP contribution in [0.5, 0.6) is 0 Å². The second kappa shape index (κ2) is 13.9. The lowest BCUT2D eigenvalue weighted by Gasteiger charge is -2.38. The summed E-state index contributed by atoms with van der Waals surface area (Å²) in [5, 5.41) is 9.13. The average Bonchev–Trinajstić information content (AvgIpc) is 3.03. The molecule has 3 aliphatic rings. The van der Waals surface area contributed by atoms with E-state index in [0.29, 0.717) is 11.8 Å².